The minimum Gasteiger partial charge on any atom is -0.457 e. The van der Waals surface area contributed by atoms with Crippen LogP contribution in [0.15, 0.2) is 60.8 Å². The van der Waals surface area contributed by atoms with E-state index in [4.69, 9.17) is 10.5 Å². The van der Waals surface area contributed by atoms with Gasteiger partial charge in [0.2, 0.25) is 5.95 Å². The number of ether oxygens (including phenoxy) is 1. The molecule has 0 fully saturated rings. The fraction of sp³-hybridized carbons (Fsp3) is 0. The van der Waals surface area contributed by atoms with Crippen molar-refractivity contribution in [3.05, 3.63) is 60.8 Å². The van der Waals surface area contributed by atoms with Crippen molar-refractivity contribution in [3.8, 4) is 22.8 Å². The zero-order valence-electron chi connectivity index (χ0n) is 12.1. The Bertz CT molecular complexity index is 948. The van der Waals surface area contributed by atoms with Gasteiger partial charge in [0.25, 0.3) is 0 Å². The summed E-state index contributed by atoms with van der Waals surface area (Å²) in [6.45, 7) is 0. The summed E-state index contributed by atoms with van der Waals surface area (Å²) in [5.41, 5.74) is 8.05. The first-order chi connectivity index (χ1) is 11.3. The first-order valence-electron chi connectivity index (χ1n) is 7.09. The standard InChI is InChI=1S/C17H13N5O/c18-17-20-15(14-10-19-22-16(14)21-17)11-6-8-13(9-7-11)23-12-4-2-1-3-5-12/h1-10H,(H3,18,19,20,21,22). The van der Waals surface area contributed by atoms with Crippen LogP contribution in [0.1, 0.15) is 0 Å². The second-order valence-corrected chi connectivity index (χ2v) is 5.00. The lowest BCUT2D eigenvalue weighted by Crippen LogP contribution is -1.97. The van der Waals surface area contributed by atoms with Crippen LogP contribution in [-0.2, 0) is 0 Å². The van der Waals surface area contributed by atoms with Gasteiger partial charge in [0, 0.05) is 5.56 Å². The number of benzene rings is 2. The van der Waals surface area contributed by atoms with E-state index >= 15 is 0 Å². The van der Waals surface area contributed by atoms with Crippen molar-refractivity contribution in [1.82, 2.24) is 20.2 Å². The number of anilines is 1. The molecule has 6 heteroatoms. The van der Waals surface area contributed by atoms with Crippen LogP contribution < -0.4 is 10.5 Å². The van der Waals surface area contributed by atoms with Gasteiger partial charge in [-0.25, -0.2) is 4.98 Å². The number of nitrogens with two attached hydrogens (primary N) is 1. The SMILES string of the molecule is Nc1nc(-c2ccc(Oc3ccccc3)cc2)c2cn[nH]c2n1. The zero-order chi connectivity index (χ0) is 15.6. The summed E-state index contributed by atoms with van der Waals surface area (Å²) in [5, 5.41) is 7.63. The molecule has 3 N–H and O–H groups in total. The van der Waals surface area contributed by atoms with Crippen molar-refractivity contribution in [2.24, 2.45) is 0 Å². The van der Waals surface area contributed by atoms with E-state index in [0.717, 1.165) is 28.1 Å². The molecule has 0 aliphatic heterocycles. The van der Waals surface area contributed by atoms with Crippen LogP contribution >= 0.6 is 0 Å². The minimum absolute atomic E-state index is 0.210. The molecule has 112 valence electrons. The van der Waals surface area contributed by atoms with E-state index in [9.17, 15) is 0 Å². The molecule has 2 aromatic carbocycles. The number of H-pyrrole nitrogens is 1. The maximum atomic E-state index is 5.79. The first-order valence-corrected chi connectivity index (χ1v) is 7.09. The van der Waals surface area contributed by atoms with Gasteiger partial charge in [-0.05, 0) is 36.4 Å². The lowest BCUT2D eigenvalue weighted by molar-refractivity contribution is 0.483. The smallest absolute Gasteiger partial charge is 0.222 e. The molecule has 0 unspecified atom stereocenters. The van der Waals surface area contributed by atoms with E-state index < -0.39 is 0 Å². The number of hydrogen-bond donors (Lipinski definition) is 2. The molecule has 4 aromatic rings. The fourth-order valence-electron chi connectivity index (χ4n) is 2.38. The van der Waals surface area contributed by atoms with E-state index in [0.29, 0.717) is 5.65 Å². The summed E-state index contributed by atoms with van der Waals surface area (Å²) in [6.07, 6.45) is 1.69. The van der Waals surface area contributed by atoms with Crippen LogP contribution in [0.2, 0.25) is 0 Å². The lowest BCUT2D eigenvalue weighted by atomic mass is 10.1. The summed E-state index contributed by atoms with van der Waals surface area (Å²) in [7, 11) is 0. The van der Waals surface area contributed by atoms with Gasteiger partial charge in [-0.2, -0.15) is 10.1 Å². The van der Waals surface area contributed by atoms with E-state index in [-0.39, 0.29) is 5.95 Å². The largest absolute Gasteiger partial charge is 0.457 e. The van der Waals surface area contributed by atoms with Crippen LogP contribution in [0.5, 0.6) is 11.5 Å². The van der Waals surface area contributed by atoms with Crippen molar-refractivity contribution in [1.29, 1.82) is 0 Å². The Hall–Kier alpha value is -3.41. The van der Waals surface area contributed by atoms with Gasteiger partial charge < -0.3 is 10.5 Å². The van der Waals surface area contributed by atoms with Gasteiger partial charge >= 0.3 is 0 Å². The molecule has 6 nitrogen and oxygen atoms in total. The summed E-state index contributed by atoms with van der Waals surface area (Å²) in [4.78, 5) is 8.44. The highest BCUT2D eigenvalue weighted by atomic mass is 16.5. The zero-order valence-corrected chi connectivity index (χ0v) is 12.1. The summed E-state index contributed by atoms with van der Waals surface area (Å²) in [6, 6.07) is 17.3. The molecule has 0 saturated carbocycles. The summed E-state index contributed by atoms with van der Waals surface area (Å²) < 4.78 is 5.79. The second-order valence-electron chi connectivity index (χ2n) is 5.00. The van der Waals surface area contributed by atoms with Crippen molar-refractivity contribution in [3.63, 3.8) is 0 Å². The van der Waals surface area contributed by atoms with E-state index in [1.807, 2.05) is 54.6 Å². The van der Waals surface area contributed by atoms with Gasteiger partial charge in [-0.1, -0.05) is 18.2 Å². The molecule has 0 aliphatic rings. The highest BCUT2D eigenvalue weighted by molar-refractivity contribution is 5.90. The van der Waals surface area contributed by atoms with Crippen molar-refractivity contribution < 1.29 is 4.74 Å². The van der Waals surface area contributed by atoms with Gasteiger partial charge in [-0.15, -0.1) is 0 Å². The second kappa shape index (κ2) is 5.42. The third-order valence-corrected chi connectivity index (χ3v) is 3.43. The highest BCUT2D eigenvalue weighted by Crippen LogP contribution is 2.28. The van der Waals surface area contributed by atoms with E-state index in [1.54, 1.807) is 6.20 Å². The van der Waals surface area contributed by atoms with Crippen LogP contribution in [0.3, 0.4) is 0 Å². The molecule has 0 spiro atoms. The van der Waals surface area contributed by atoms with Crippen molar-refractivity contribution >= 4 is 17.0 Å². The molecule has 23 heavy (non-hydrogen) atoms. The number of aromatic nitrogens is 4. The topological polar surface area (TPSA) is 89.7 Å². The molecule has 2 heterocycles. The third kappa shape index (κ3) is 2.57. The van der Waals surface area contributed by atoms with Crippen molar-refractivity contribution in [2.75, 3.05) is 5.73 Å². The molecule has 0 atom stereocenters. The monoisotopic (exact) mass is 303 g/mol. The number of fused-ring (bicyclic) bond motifs is 1. The predicted octanol–water partition coefficient (Wildman–Crippen LogP) is 3.39. The fourth-order valence-corrected chi connectivity index (χ4v) is 2.38. The Kier molecular flexibility index (Phi) is 3.12. The van der Waals surface area contributed by atoms with E-state index in [1.165, 1.54) is 0 Å². The van der Waals surface area contributed by atoms with Crippen LogP contribution in [0.4, 0.5) is 5.95 Å². The number of hydrogen-bond acceptors (Lipinski definition) is 5. The van der Waals surface area contributed by atoms with E-state index in [2.05, 4.69) is 20.2 Å². The number of para-hydroxylation sites is 1. The third-order valence-electron chi connectivity index (χ3n) is 3.43. The Morgan fingerprint density at radius 2 is 1.61 bits per heavy atom. The normalized spacial score (nSPS) is 10.8. The van der Waals surface area contributed by atoms with Crippen molar-refractivity contribution in [2.45, 2.75) is 0 Å². The average molecular weight is 303 g/mol. The quantitative estimate of drug-likeness (QED) is 0.605. The lowest BCUT2D eigenvalue weighted by Gasteiger charge is -2.07. The highest BCUT2D eigenvalue weighted by Gasteiger charge is 2.10. The van der Waals surface area contributed by atoms with Gasteiger partial charge in [0.15, 0.2) is 5.65 Å². The molecule has 0 amide bonds. The predicted molar refractivity (Wildman–Crippen MR) is 88.0 cm³/mol. The summed E-state index contributed by atoms with van der Waals surface area (Å²) >= 11 is 0. The number of rotatable bonds is 3. The van der Waals surface area contributed by atoms with Crippen LogP contribution in [0.25, 0.3) is 22.3 Å². The minimum atomic E-state index is 0.210. The molecule has 0 bridgehead atoms. The van der Waals surface area contributed by atoms with Crippen LogP contribution in [0, 0.1) is 0 Å². The number of nitrogens with one attached hydrogen (secondary N) is 1. The maximum absolute atomic E-state index is 5.79. The number of nitrogens with zero attached hydrogens (tertiary/aromatic N) is 3. The molecular formula is C17H13N5O. The average Bonchev–Trinajstić information content (AvgIpc) is 3.04. The van der Waals surface area contributed by atoms with Crippen LogP contribution in [-0.4, -0.2) is 20.2 Å². The maximum Gasteiger partial charge on any atom is 0.222 e. The van der Waals surface area contributed by atoms with Gasteiger partial charge in [0.05, 0.1) is 17.3 Å². The molecule has 0 radical (unpaired) electrons. The molecule has 4 rings (SSSR count). The molecule has 2 aromatic heterocycles. The first kappa shape index (κ1) is 13.3. The molecule has 0 saturated heterocycles. The Balaban J connectivity index is 1.69. The number of nitrogen functional groups attached to an aromatic ring is 1. The molecular weight excluding hydrogens is 290 g/mol. The Morgan fingerprint density at radius 3 is 2.39 bits per heavy atom. The Labute approximate surface area is 132 Å². The Morgan fingerprint density at radius 1 is 0.870 bits per heavy atom. The summed E-state index contributed by atoms with van der Waals surface area (Å²) in [5.74, 6) is 1.76. The van der Waals surface area contributed by atoms with Gasteiger partial charge in [0.1, 0.15) is 11.5 Å². The van der Waals surface area contributed by atoms with Gasteiger partial charge in [-0.3, -0.25) is 5.10 Å². The number of aromatic amines is 1. The molecule has 0 aliphatic carbocycles.